The Labute approximate surface area is 314 Å². The van der Waals surface area contributed by atoms with Crippen molar-refractivity contribution in [3.63, 3.8) is 0 Å². The molecule has 0 atom stereocenters. The highest BCUT2D eigenvalue weighted by molar-refractivity contribution is 6.10. The average molecular weight is 690 g/mol. The standard InChI is InChI=1S/C52H35NO/c1-2-12-36(13-3-1)38-30-32-44(33-31-38)53(50-22-8-6-18-46(50)48-20-11-21-49-47-19-7-9-23-51(47)54-52(48)49)45-17-10-16-42(35-45)39-24-26-40(27-25-39)43-29-28-37-14-4-5-15-41(37)34-43/h1-35H. The summed E-state index contributed by atoms with van der Waals surface area (Å²) < 4.78 is 6.57. The lowest BCUT2D eigenvalue weighted by Gasteiger charge is -2.28. The van der Waals surface area contributed by atoms with Gasteiger partial charge < -0.3 is 9.32 Å². The van der Waals surface area contributed by atoms with Crippen molar-refractivity contribution in [3.05, 3.63) is 212 Å². The Morgan fingerprint density at radius 1 is 0.315 bits per heavy atom. The van der Waals surface area contributed by atoms with Crippen molar-refractivity contribution in [2.24, 2.45) is 0 Å². The summed E-state index contributed by atoms with van der Waals surface area (Å²) in [6, 6.07) is 75.9. The number of benzene rings is 9. The Morgan fingerprint density at radius 3 is 1.70 bits per heavy atom. The number of para-hydroxylation sites is 3. The lowest BCUT2D eigenvalue weighted by atomic mass is 9.97. The van der Waals surface area contributed by atoms with E-state index < -0.39 is 0 Å². The van der Waals surface area contributed by atoms with Crippen LogP contribution in [0.25, 0.3) is 77.2 Å². The molecule has 0 aliphatic heterocycles. The van der Waals surface area contributed by atoms with Gasteiger partial charge >= 0.3 is 0 Å². The molecule has 0 saturated carbocycles. The summed E-state index contributed by atoms with van der Waals surface area (Å²) in [7, 11) is 0. The number of rotatable bonds is 7. The largest absolute Gasteiger partial charge is 0.455 e. The number of hydrogen-bond acceptors (Lipinski definition) is 2. The van der Waals surface area contributed by atoms with Crippen LogP contribution in [0.15, 0.2) is 217 Å². The highest BCUT2D eigenvalue weighted by Gasteiger charge is 2.21. The zero-order valence-corrected chi connectivity index (χ0v) is 29.6. The number of furan rings is 1. The van der Waals surface area contributed by atoms with Gasteiger partial charge in [-0.15, -0.1) is 0 Å². The van der Waals surface area contributed by atoms with Gasteiger partial charge in [-0.1, -0.05) is 170 Å². The summed E-state index contributed by atoms with van der Waals surface area (Å²) in [5.74, 6) is 0. The third kappa shape index (κ3) is 5.71. The van der Waals surface area contributed by atoms with E-state index in [0.717, 1.165) is 55.7 Å². The first-order valence-electron chi connectivity index (χ1n) is 18.4. The maximum Gasteiger partial charge on any atom is 0.143 e. The quantitative estimate of drug-likeness (QED) is 0.166. The van der Waals surface area contributed by atoms with Crippen LogP contribution in [-0.4, -0.2) is 0 Å². The third-order valence-electron chi connectivity index (χ3n) is 10.5. The molecule has 0 amide bonds. The highest BCUT2D eigenvalue weighted by atomic mass is 16.3. The minimum Gasteiger partial charge on any atom is -0.455 e. The molecule has 54 heavy (non-hydrogen) atoms. The predicted molar refractivity (Wildman–Crippen MR) is 228 cm³/mol. The van der Waals surface area contributed by atoms with Gasteiger partial charge in [0.05, 0.1) is 5.69 Å². The molecule has 0 aliphatic carbocycles. The number of hydrogen-bond donors (Lipinski definition) is 0. The van der Waals surface area contributed by atoms with Gasteiger partial charge in [0.2, 0.25) is 0 Å². The molecule has 0 spiro atoms. The molecule has 0 unspecified atom stereocenters. The summed E-state index contributed by atoms with van der Waals surface area (Å²) >= 11 is 0. The van der Waals surface area contributed by atoms with E-state index >= 15 is 0 Å². The van der Waals surface area contributed by atoms with Crippen molar-refractivity contribution in [1.29, 1.82) is 0 Å². The Morgan fingerprint density at radius 2 is 0.870 bits per heavy atom. The molecule has 1 aromatic heterocycles. The second kappa shape index (κ2) is 13.4. The van der Waals surface area contributed by atoms with Crippen molar-refractivity contribution in [2.75, 3.05) is 4.90 Å². The fraction of sp³-hybridized carbons (Fsp3) is 0. The second-order valence-electron chi connectivity index (χ2n) is 13.7. The van der Waals surface area contributed by atoms with Gasteiger partial charge in [0, 0.05) is 33.3 Å². The molecule has 0 radical (unpaired) electrons. The zero-order chi connectivity index (χ0) is 35.8. The maximum atomic E-state index is 6.57. The first kappa shape index (κ1) is 31.6. The highest BCUT2D eigenvalue weighted by Crippen LogP contribution is 2.45. The van der Waals surface area contributed by atoms with Crippen LogP contribution in [0, 0.1) is 0 Å². The minimum absolute atomic E-state index is 0.894. The predicted octanol–water partition coefficient (Wildman–Crippen LogP) is 14.9. The molecule has 9 aromatic carbocycles. The summed E-state index contributed by atoms with van der Waals surface area (Å²) in [5.41, 5.74) is 14.3. The normalized spacial score (nSPS) is 11.3. The molecule has 0 aliphatic rings. The fourth-order valence-electron chi connectivity index (χ4n) is 7.77. The fourth-order valence-corrected chi connectivity index (χ4v) is 7.77. The molecule has 0 saturated heterocycles. The molecule has 0 N–H and O–H groups in total. The lowest BCUT2D eigenvalue weighted by Crippen LogP contribution is -2.11. The van der Waals surface area contributed by atoms with Gasteiger partial charge in [-0.2, -0.15) is 0 Å². The van der Waals surface area contributed by atoms with E-state index in [1.807, 2.05) is 12.1 Å². The van der Waals surface area contributed by atoms with Gasteiger partial charge in [0.15, 0.2) is 0 Å². The molecule has 2 nitrogen and oxygen atoms in total. The molecule has 2 heteroatoms. The van der Waals surface area contributed by atoms with Gasteiger partial charge in [-0.3, -0.25) is 0 Å². The first-order valence-corrected chi connectivity index (χ1v) is 18.4. The topological polar surface area (TPSA) is 16.4 Å². The van der Waals surface area contributed by atoms with Crippen molar-refractivity contribution in [3.8, 4) is 44.5 Å². The van der Waals surface area contributed by atoms with Crippen LogP contribution in [0.1, 0.15) is 0 Å². The van der Waals surface area contributed by atoms with Gasteiger partial charge in [-0.05, 0) is 86.6 Å². The Hall–Kier alpha value is -7.16. The molecule has 0 fully saturated rings. The Balaban J connectivity index is 1.09. The molecule has 0 bridgehead atoms. The van der Waals surface area contributed by atoms with Gasteiger partial charge in [0.25, 0.3) is 0 Å². The van der Waals surface area contributed by atoms with E-state index in [0.29, 0.717) is 0 Å². The summed E-state index contributed by atoms with van der Waals surface area (Å²) in [4.78, 5) is 2.37. The van der Waals surface area contributed by atoms with Crippen LogP contribution in [-0.2, 0) is 0 Å². The molecular weight excluding hydrogens is 655 g/mol. The summed E-state index contributed by atoms with van der Waals surface area (Å²) in [6.45, 7) is 0. The molecule has 10 aromatic rings. The number of anilines is 3. The SMILES string of the molecule is c1ccc(-c2ccc(N(c3cccc(-c4ccc(-c5ccc6ccccc6c5)cc4)c3)c3ccccc3-c3cccc4c3oc3ccccc34)cc2)cc1. The van der Waals surface area contributed by atoms with E-state index in [2.05, 4.69) is 205 Å². The number of fused-ring (bicyclic) bond motifs is 4. The Bertz CT molecular complexity index is 2920. The zero-order valence-electron chi connectivity index (χ0n) is 29.6. The maximum absolute atomic E-state index is 6.57. The molecule has 10 rings (SSSR count). The van der Waals surface area contributed by atoms with E-state index in [4.69, 9.17) is 4.42 Å². The van der Waals surface area contributed by atoms with E-state index in [9.17, 15) is 0 Å². The minimum atomic E-state index is 0.894. The van der Waals surface area contributed by atoms with Crippen molar-refractivity contribution in [1.82, 2.24) is 0 Å². The summed E-state index contributed by atoms with van der Waals surface area (Å²) in [6.07, 6.45) is 0. The second-order valence-corrected chi connectivity index (χ2v) is 13.7. The van der Waals surface area contributed by atoms with Gasteiger partial charge in [0.1, 0.15) is 11.2 Å². The monoisotopic (exact) mass is 689 g/mol. The van der Waals surface area contributed by atoms with E-state index in [-0.39, 0.29) is 0 Å². The first-order chi connectivity index (χ1) is 26.8. The van der Waals surface area contributed by atoms with Gasteiger partial charge in [-0.25, -0.2) is 0 Å². The average Bonchev–Trinajstić information content (AvgIpc) is 3.64. The van der Waals surface area contributed by atoms with Crippen molar-refractivity contribution in [2.45, 2.75) is 0 Å². The molecule has 254 valence electrons. The van der Waals surface area contributed by atoms with E-state index in [1.54, 1.807) is 0 Å². The van der Waals surface area contributed by atoms with Crippen LogP contribution in [0.5, 0.6) is 0 Å². The van der Waals surface area contributed by atoms with Crippen LogP contribution >= 0.6 is 0 Å². The van der Waals surface area contributed by atoms with Crippen molar-refractivity contribution < 1.29 is 4.42 Å². The Kier molecular flexibility index (Phi) is 7.85. The molecular formula is C52H35NO. The molecule has 1 heterocycles. The van der Waals surface area contributed by atoms with Crippen LogP contribution in [0.4, 0.5) is 17.1 Å². The smallest absolute Gasteiger partial charge is 0.143 e. The third-order valence-corrected chi connectivity index (χ3v) is 10.5. The van der Waals surface area contributed by atoms with Crippen LogP contribution in [0.2, 0.25) is 0 Å². The van der Waals surface area contributed by atoms with Crippen molar-refractivity contribution >= 4 is 49.8 Å². The van der Waals surface area contributed by atoms with Crippen LogP contribution in [0.3, 0.4) is 0 Å². The lowest BCUT2D eigenvalue weighted by molar-refractivity contribution is 0.670. The number of nitrogens with zero attached hydrogens (tertiary/aromatic N) is 1. The van der Waals surface area contributed by atoms with Crippen LogP contribution < -0.4 is 4.90 Å². The summed E-state index contributed by atoms with van der Waals surface area (Å²) in [5, 5.41) is 4.75. The van der Waals surface area contributed by atoms with E-state index in [1.165, 1.54) is 38.6 Å².